The molecule has 2 aromatic rings. The number of aliphatic carboxylic acids is 1. The van der Waals surface area contributed by atoms with Gasteiger partial charge < -0.3 is 10.4 Å². The van der Waals surface area contributed by atoms with Gasteiger partial charge in [0.05, 0.1) is 18.4 Å². The highest BCUT2D eigenvalue weighted by Crippen LogP contribution is 2.25. The first-order valence-corrected chi connectivity index (χ1v) is 8.41. The summed E-state index contributed by atoms with van der Waals surface area (Å²) in [6.07, 6.45) is 2.77. The maximum atomic E-state index is 13.0. The summed E-state index contributed by atoms with van der Waals surface area (Å²) in [5.41, 5.74) is 0.733. The van der Waals surface area contributed by atoms with Crippen LogP contribution < -0.4 is 5.32 Å². The number of halogens is 1. The fourth-order valence-electron chi connectivity index (χ4n) is 3.00. The second kappa shape index (κ2) is 7.61. The van der Waals surface area contributed by atoms with Crippen molar-refractivity contribution in [2.75, 3.05) is 13.1 Å². The molecule has 1 saturated carbocycles. The summed E-state index contributed by atoms with van der Waals surface area (Å²) in [5.74, 6) is -1.54. The molecule has 1 aliphatic rings. The zero-order chi connectivity index (χ0) is 18.7. The van der Waals surface area contributed by atoms with E-state index in [0.29, 0.717) is 25.1 Å². The Morgan fingerprint density at radius 2 is 2.04 bits per heavy atom. The Morgan fingerprint density at radius 3 is 2.65 bits per heavy atom. The van der Waals surface area contributed by atoms with Crippen LogP contribution in [0.1, 0.15) is 30.3 Å². The number of benzene rings is 1. The van der Waals surface area contributed by atoms with Crippen LogP contribution in [0, 0.1) is 5.82 Å². The van der Waals surface area contributed by atoms with Gasteiger partial charge in [0, 0.05) is 12.1 Å². The predicted molar refractivity (Wildman–Crippen MR) is 90.5 cm³/mol. The molecular weight excluding hydrogens is 341 g/mol. The van der Waals surface area contributed by atoms with Crippen LogP contribution in [0.3, 0.4) is 0 Å². The molecule has 0 radical (unpaired) electrons. The molecule has 0 saturated heterocycles. The van der Waals surface area contributed by atoms with Crippen molar-refractivity contribution < 1.29 is 19.1 Å². The van der Waals surface area contributed by atoms with Gasteiger partial charge in [0.15, 0.2) is 5.69 Å². The smallest absolute Gasteiger partial charge is 0.317 e. The molecule has 8 nitrogen and oxygen atoms in total. The SMILES string of the molecule is CCN(CC(=O)O)C1CC(NC(=O)c2cnn(-c3ccc(F)cc3)n2)C1. The van der Waals surface area contributed by atoms with Crippen LogP contribution in [0.25, 0.3) is 5.69 Å². The Kier molecular flexibility index (Phi) is 5.27. The van der Waals surface area contributed by atoms with Gasteiger partial charge in [0.1, 0.15) is 5.82 Å². The largest absolute Gasteiger partial charge is 0.480 e. The minimum atomic E-state index is -0.850. The average molecular weight is 361 g/mol. The summed E-state index contributed by atoms with van der Waals surface area (Å²) in [5, 5.41) is 19.9. The van der Waals surface area contributed by atoms with Gasteiger partial charge in [-0.05, 0) is 43.7 Å². The van der Waals surface area contributed by atoms with Gasteiger partial charge >= 0.3 is 5.97 Å². The minimum Gasteiger partial charge on any atom is -0.480 e. The number of amides is 1. The Balaban J connectivity index is 1.54. The Labute approximate surface area is 149 Å². The number of hydrogen-bond acceptors (Lipinski definition) is 5. The molecule has 0 atom stereocenters. The highest BCUT2D eigenvalue weighted by atomic mass is 19.1. The number of nitrogens with one attached hydrogen (secondary N) is 1. The summed E-state index contributed by atoms with van der Waals surface area (Å²) in [6, 6.07) is 5.79. The maximum Gasteiger partial charge on any atom is 0.317 e. The molecule has 3 rings (SSSR count). The molecule has 0 spiro atoms. The Bertz CT molecular complexity index is 786. The minimum absolute atomic E-state index is 0.00777. The van der Waals surface area contributed by atoms with Crippen LogP contribution in [0.5, 0.6) is 0 Å². The Hall–Kier alpha value is -2.81. The normalized spacial score (nSPS) is 19.2. The topological polar surface area (TPSA) is 100 Å². The molecule has 1 aromatic carbocycles. The molecule has 1 aromatic heterocycles. The number of hydrogen-bond donors (Lipinski definition) is 2. The van der Waals surface area contributed by atoms with E-state index in [4.69, 9.17) is 5.11 Å². The molecule has 138 valence electrons. The third-order valence-electron chi connectivity index (χ3n) is 4.49. The number of carbonyl (C=O) groups excluding carboxylic acids is 1. The van der Waals surface area contributed by atoms with Crippen molar-refractivity contribution in [2.24, 2.45) is 0 Å². The third-order valence-corrected chi connectivity index (χ3v) is 4.49. The Morgan fingerprint density at radius 1 is 1.35 bits per heavy atom. The second-order valence-corrected chi connectivity index (χ2v) is 6.25. The molecule has 1 amide bonds. The van der Waals surface area contributed by atoms with E-state index in [1.807, 2.05) is 11.8 Å². The fourth-order valence-corrected chi connectivity index (χ4v) is 3.00. The molecular formula is C17H20FN5O3. The lowest BCUT2D eigenvalue weighted by molar-refractivity contribution is -0.139. The zero-order valence-corrected chi connectivity index (χ0v) is 14.3. The van der Waals surface area contributed by atoms with Crippen molar-refractivity contribution in [1.29, 1.82) is 0 Å². The van der Waals surface area contributed by atoms with E-state index in [0.717, 1.165) is 0 Å². The van der Waals surface area contributed by atoms with Crippen LogP contribution in [0.4, 0.5) is 4.39 Å². The monoisotopic (exact) mass is 361 g/mol. The molecule has 1 fully saturated rings. The van der Waals surface area contributed by atoms with E-state index in [9.17, 15) is 14.0 Å². The van der Waals surface area contributed by atoms with E-state index in [2.05, 4.69) is 15.5 Å². The lowest BCUT2D eigenvalue weighted by Crippen LogP contribution is -2.54. The molecule has 0 bridgehead atoms. The fraction of sp³-hybridized carbons (Fsp3) is 0.412. The number of aromatic nitrogens is 3. The van der Waals surface area contributed by atoms with Crippen molar-refractivity contribution in [2.45, 2.75) is 31.8 Å². The summed E-state index contributed by atoms with van der Waals surface area (Å²) >= 11 is 0. The van der Waals surface area contributed by atoms with E-state index >= 15 is 0 Å². The summed E-state index contributed by atoms with van der Waals surface area (Å²) in [6.45, 7) is 2.58. The molecule has 0 aliphatic heterocycles. The van der Waals surface area contributed by atoms with Crippen molar-refractivity contribution in [3.8, 4) is 5.69 Å². The highest BCUT2D eigenvalue weighted by Gasteiger charge is 2.35. The molecule has 0 unspecified atom stereocenters. The van der Waals surface area contributed by atoms with Crippen molar-refractivity contribution in [3.05, 3.63) is 42.0 Å². The number of carboxylic acids is 1. The van der Waals surface area contributed by atoms with E-state index in [1.54, 1.807) is 0 Å². The van der Waals surface area contributed by atoms with Crippen LogP contribution in [0.15, 0.2) is 30.5 Å². The first kappa shape index (κ1) is 18.0. The van der Waals surface area contributed by atoms with Gasteiger partial charge in [-0.2, -0.15) is 9.90 Å². The van der Waals surface area contributed by atoms with Gasteiger partial charge in [-0.1, -0.05) is 6.92 Å². The van der Waals surface area contributed by atoms with Crippen LogP contribution >= 0.6 is 0 Å². The average Bonchev–Trinajstić information content (AvgIpc) is 3.06. The first-order chi connectivity index (χ1) is 12.5. The lowest BCUT2D eigenvalue weighted by atomic mass is 9.85. The summed E-state index contributed by atoms with van der Waals surface area (Å²) in [7, 11) is 0. The van der Waals surface area contributed by atoms with E-state index in [1.165, 1.54) is 35.3 Å². The van der Waals surface area contributed by atoms with Gasteiger partial charge in [0.2, 0.25) is 0 Å². The number of nitrogens with zero attached hydrogens (tertiary/aromatic N) is 4. The predicted octanol–water partition coefficient (Wildman–Crippen LogP) is 1.07. The quantitative estimate of drug-likeness (QED) is 0.765. The van der Waals surface area contributed by atoms with Crippen molar-refractivity contribution >= 4 is 11.9 Å². The van der Waals surface area contributed by atoms with Gasteiger partial charge in [0.25, 0.3) is 5.91 Å². The molecule has 1 aliphatic carbocycles. The third kappa shape index (κ3) is 4.05. The zero-order valence-electron chi connectivity index (χ0n) is 14.3. The number of carbonyl (C=O) groups is 2. The summed E-state index contributed by atoms with van der Waals surface area (Å²) in [4.78, 5) is 26.3. The van der Waals surface area contributed by atoms with Crippen LogP contribution in [-0.2, 0) is 4.79 Å². The summed E-state index contributed by atoms with van der Waals surface area (Å²) < 4.78 is 13.0. The van der Waals surface area contributed by atoms with Crippen molar-refractivity contribution in [1.82, 2.24) is 25.2 Å². The number of likely N-dealkylation sites (N-methyl/N-ethyl adjacent to an activating group) is 1. The van der Waals surface area contributed by atoms with Crippen LogP contribution in [0.2, 0.25) is 0 Å². The molecule has 26 heavy (non-hydrogen) atoms. The second-order valence-electron chi connectivity index (χ2n) is 6.25. The molecule has 9 heteroatoms. The number of rotatable bonds is 7. The van der Waals surface area contributed by atoms with Crippen LogP contribution in [-0.4, -0.2) is 62.0 Å². The highest BCUT2D eigenvalue weighted by molar-refractivity contribution is 5.92. The standard InChI is InChI=1S/C17H20FN5O3/c1-2-22(10-16(24)25)14-7-12(8-14)20-17(26)15-9-19-23(21-15)13-5-3-11(18)4-6-13/h3-6,9,12,14H,2,7-8,10H2,1H3,(H,20,26)(H,24,25). The van der Waals surface area contributed by atoms with Crippen molar-refractivity contribution in [3.63, 3.8) is 0 Å². The van der Waals surface area contributed by atoms with E-state index < -0.39 is 5.97 Å². The van der Waals surface area contributed by atoms with E-state index in [-0.39, 0.29) is 36.0 Å². The first-order valence-electron chi connectivity index (χ1n) is 8.41. The van der Waals surface area contributed by atoms with Gasteiger partial charge in [-0.15, -0.1) is 5.10 Å². The molecule has 1 heterocycles. The van der Waals surface area contributed by atoms with Gasteiger partial charge in [-0.3, -0.25) is 14.5 Å². The number of carboxylic acid groups (broad SMARTS) is 1. The lowest BCUT2D eigenvalue weighted by Gasteiger charge is -2.42. The maximum absolute atomic E-state index is 13.0. The van der Waals surface area contributed by atoms with Gasteiger partial charge in [-0.25, -0.2) is 4.39 Å². The molecule has 2 N–H and O–H groups in total.